The standard InChI is InChI=1S/C40H48N6O9S/c1-22-32(53-3)16-15-27-33(18-29(42-34(22)27)30-21-56-38(43-30)41-23(2)47)54-26-17-31-35(48)45-40(37(50)51)19-24(40)11-7-5-4-6-8-14-28(36(49)46(31)20-26)44-39(52)55-25-12-9-10-13-25/h7,11,15-16,18,21,24-26,28,31H,4-6,8-10,12-14,17,19-20H2,1-3H3,(H,44,52)(H,45,48)(H,50,51)(H,41,43,47)/b11-7-/t24-,26-,28+,31+,40-/m1/s1. The summed E-state index contributed by atoms with van der Waals surface area (Å²) in [5.74, 6) is -1.77. The van der Waals surface area contributed by atoms with Gasteiger partial charge in [-0.1, -0.05) is 25.0 Å². The Bertz CT molecular complexity index is 2050. The molecule has 0 spiro atoms. The molecule has 0 bridgehead atoms. The number of pyridine rings is 1. The fourth-order valence-corrected chi connectivity index (χ4v) is 8.84. The molecule has 4 aliphatic rings. The van der Waals surface area contributed by atoms with Crippen LogP contribution in [0.5, 0.6) is 11.5 Å². The van der Waals surface area contributed by atoms with Crippen molar-refractivity contribution in [3.8, 4) is 22.9 Å². The second-order valence-electron chi connectivity index (χ2n) is 15.1. The minimum atomic E-state index is -1.47. The molecule has 0 unspecified atom stereocenters. The van der Waals surface area contributed by atoms with E-state index >= 15 is 0 Å². The molecule has 4 heterocycles. The number of carboxylic acid groups (broad SMARTS) is 1. The van der Waals surface area contributed by atoms with E-state index in [1.54, 1.807) is 18.6 Å². The zero-order chi connectivity index (χ0) is 39.6. The molecule has 298 valence electrons. The lowest BCUT2D eigenvalue weighted by Crippen LogP contribution is -2.56. The van der Waals surface area contributed by atoms with Crippen LogP contribution in [0.4, 0.5) is 9.93 Å². The highest BCUT2D eigenvalue weighted by atomic mass is 32.1. The summed E-state index contributed by atoms with van der Waals surface area (Å²) in [6, 6.07) is 3.33. The third kappa shape index (κ3) is 8.30. The van der Waals surface area contributed by atoms with Gasteiger partial charge in [0.25, 0.3) is 0 Å². The topological polar surface area (TPSA) is 198 Å². The number of aliphatic carboxylic acids is 1. The van der Waals surface area contributed by atoms with Crippen molar-refractivity contribution in [1.82, 2.24) is 25.5 Å². The van der Waals surface area contributed by atoms with Crippen LogP contribution in [0.2, 0.25) is 0 Å². The van der Waals surface area contributed by atoms with E-state index in [2.05, 4.69) is 20.9 Å². The number of aryl methyl sites for hydroxylation is 1. The Morgan fingerprint density at radius 1 is 1.02 bits per heavy atom. The lowest BCUT2D eigenvalue weighted by atomic mass is 10.0. The number of rotatable bonds is 8. The SMILES string of the molecule is COc1ccc2c(O[C@@H]3C[C@H]4C(=O)N[C@]5(C(=O)O)C[C@H]5/C=C\CCCCC[C@H](NC(=O)OC5CCCC5)C(=O)N4C3)cc(-c3csc(NC(C)=O)n3)nc2c1C. The number of carbonyl (C=O) groups is 5. The van der Waals surface area contributed by atoms with Gasteiger partial charge in [0.2, 0.25) is 17.7 Å². The molecule has 56 heavy (non-hydrogen) atoms. The van der Waals surface area contributed by atoms with Crippen LogP contribution in [0, 0.1) is 12.8 Å². The average molecular weight is 789 g/mol. The smallest absolute Gasteiger partial charge is 0.408 e. The summed E-state index contributed by atoms with van der Waals surface area (Å²) in [6.45, 7) is 3.28. The summed E-state index contributed by atoms with van der Waals surface area (Å²) in [6.07, 6.45) is 9.40. The molecule has 16 heteroatoms. The van der Waals surface area contributed by atoms with E-state index in [1.165, 1.54) is 23.2 Å². The summed E-state index contributed by atoms with van der Waals surface area (Å²) in [5.41, 5.74) is 0.856. The zero-order valence-electron chi connectivity index (χ0n) is 31.8. The molecule has 15 nitrogen and oxygen atoms in total. The quantitative estimate of drug-likeness (QED) is 0.210. The fourth-order valence-electron chi connectivity index (χ4n) is 8.09. The third-order valence-electron chi connectivity index (χ3n) is 11.2. The largest absolute Gasteiger partial charge is 0.496 e. The average Bonchev–Trinajstić information content (AvgIpc) is 3.59. The maximum Gasteiger partial charge on any atom is 0.408 e. The van der Waals surface area contributed by atoms with Crippen molar-refractivity contribution in [3.05, 3.63) is 41.3 Å². The molecule has 0 radical (unpaired) electrons. The van der Waals surface area contributed by atoms with Gasteiger partial charge >= 0.3 is 12.1 Å². The summed E-state index contributed by atoms with van der Waals surface area (Å²) in [5, 5.41) is 21.4. The van der Waals surface area contributed by atoms with E-state index in [0.717, 1.165) is 50.5 Å². The van der Waals surface area contributed by atoms with Gasteiger partial charge in [-0.2, -0.15) is 0 Å². The molecule has 3 fully saturated rings. The van der Waals surface area contributed by atoms with Crippen molar-refractivity contribution >= 4 is 57.2 Å². The number of amides is 4. The van der Waals surface area contributed by atoms with Crippen LogP contribution in [0.3, 0.4) is 0 Å². The maximum atomic E-state index is 14.6. The number of nitrogens with zero attached hydrogens (tertiary/aromatic N) is 3. The van der Waals surface area contributed by atoms with E-state index < -0.39 is 47.6 Å². The van der Waals surface area contributed by atoms with Crippen molar-refractivity contribution in [2.24, 2.45) is 5.92 Å². The van der Waals surface area contributed by atoms with Crippen LogP contribution in [0.25, 0.3) is 22.3 Å². The van der Waals surface area contributed by atoms with Gasteiger partial charge in [-0.15, -0.1) is 11.3 Å². The predicted octanol–water partition coefficient (Wildman–Crippen LogP) is 5.50. The highest BCUT2D eigenvalue weighted by Gasteiger charge is 2.61. The molecule has 2 aliphatic carbocycles. The number of fused-ring (bicyclic) bond motifs is 3. The minimum Gasteiger partial charge on any atom is -0.496 e. The van der Waals surface area contributed by atoms with Crippen LogP contribution in [-0.4, -0.2) is 93.2 Å². The molecule has 3 aromatic rings. The number of ether oxygens (including phenoxy) is 3. The number of nitrogens with one attached hydrogen (secondary N) is 3. The first-order valence-electron chi connectivity index (χ1n) is 19.3. The normalized spacial score (nSPS) is 26.2. The number of carboxylic acids is 1. The number of allylic oxidation sites excluding steroid dienone is 1. The first-order chi connectivity index (χ1) is 26.9. The monoisotopic (exact) mass is 788 g/mol. The lowest BCUT2D eigenvalue weighted by Gasteiger charge is -2.29. The molecule has 2 saturated carbocycles. The second-order valence-corrected chi connectivity index (χ2v) is 16.0. The molecule has 4 N–H and O–H groups in total. The van der Waals surface area contributed by atoms with E-state index in [1.807, 2.05) is 31.2 Å². The number of carbonyl (C=O) groups excluding carboxylic acids is 4. The number of hydrogen-bond donors (Lipinski definition) is 4. The highest BCUT2D eigenvalue weighted by molar-refractivity contribution is 7.14. The van der Waals surface area contributed by atoms with Crippen molar-refractivity contribution in [3.63, 3.8) is 0 Å². The summed E-state index contributed by atoms with van der Waals surface area (Å²) >= 11 is 1.25. The Morgan fingerprint density at radius 2 is 1.80 bits per heavy atom. The molecule has 4 amide bonds. The van der Waals surface area contributed by atoms with Crippen LogP contribution >= 0.6 is 11.3 Å². The van der Waals surface area contributed by atoms with Crippen LogP contribution < -0.4 is 25.4 Å². The summed E-state index contributed by atoms with van der Waals surface area (Å²) in [7, 11) is 1.57. The zero-order valence-corrected chi connectivity index (χ0v) is 32.6. The van der Waals surface area contributed by atoms with E-state index in [9.17, 15) is 29.1 Å². The van der Waals surface area contributed by atoms with Gasteiger partial charge in [-0.25, -0.2) is 19.6 Å². The molecule has 5 atom stereocenters. The van der Waals surface area contributed by atoms with Crippen molar-refractivity contribution in [2.75, 3.05) is 19.0 Å². The Kier molecular flexibility index (Phi) is 11.5. The summed E-state index contributed by atoms with van der Waals surface area (Å²) in [4.78, 5) is 77.1. The van der Waals surface area contributed by atoms with Gasteiger partial charge in [0, 0.05) is 41.7 Å². The Hall–Kier alpha value is -5.25. The lowest BCUT2D eigenvalue weighted by molar-refractivity contribution is -0.145. The number of methoxy groups -OCH3 is 1. The number of thiazole rings is 1. The van der Waals surface area contributed by atoms with Crippen molar-refractivity contribution in [1.29, 1.82) is 0 Å². The molecule has 2 aromatic heterocycles. The number of hydrogen-bond acceptors (Lipinski definition) is 11. The van der Waals surface area contributed by atoms with Gasteiger partial charge in [0.1, 0.15) is 47.0 Å². The van der Waals surface area contributed by atoms with Crippen LogP contribution in [0.15, 0.2) is 35.7 Å². The number of anilines is 1. The first kappa shape index (κ1) is 39.0. The van der Waals surface area contributed by atoms with Gasteiger partial charge in [-0.3, -0.25) is 14.4 Å². The Morgan fingerprint density at radius 3 is 2.55 bits per heavy atom. The molecule has 1 saturated heterocycles. The Balaban J connectivity index is 1.22. The first-order valence-corrected chi connectivity index (χ1v) is 20.2. The molecule has 7 rings (SSSR count). The van der Waals surface area contributed by atoms with Crippen LogP contribution in [0.1, 0.15) is 83.1 Å². The maximum absolute atomic E-state index is 14.6. The number of aromatic nitrogens is 2. The van der Waals surface area contributed by atoms with Gasteiger partial charge in [-0.05, 0) is 70.4 Å². The molecular formula is C40H48N6O9S. The molecule has 2 aliphatic heterocycles. The highest BCUT2D eigenvalue weighted by Crippen LogP contribution is 2.46. The van der Waals surface area contributed by atoms with Gasteiger partial charge < -0.3 is 40.2 Å². The molecular weight excluding hydrogens is 741 g/mol. The number of benzene rings is 1. The third-order valence-corrected chi connectivity index (χ3v) is 12.0. The van der Waals surface area contributed by atoms with Gasteiger partial charge in [0.15, 0.2) is 5.13 Å². The number of alkyl carbamates (subject to hydrolysis) is 1. The minimum absolute atomic E-state index is 0.00611. The fraction of sp³-hybridized carbons (Fsp3) is 0.525. The Labute approximate surface area is 328 Å². The predicted molar refractivity (Wildman–Crippen MR) is 207 cm³/mol. The van der Waals surface area contributed by atoms with E-state index in [0.29, 0.717) is 51.8 Å². The summed E-state index contributed by atoms with van der Waals surface area (Å²) < 4.78 is 18.0. The van der Waals surface area contributed by atoms with Crippen molar-refractivity contribution in [2.45, 2.75) is 114 Å². The molecule has 1 aromatic carbocycles. The van der Waals surface area contributed by atoms with E-state index in [-0.39, 0.29) is 37.3 Å². The van der Waals surface area contributed by atoms with Crippen LogP contribution in [-0.2, 0) is 23.9 Å². The van der Waals surface area contributed by atoms with Gasteiger partial charge in [0.05, 0.1) is 24.9 Å². The second kappa shape index (κ2) is 16.5. The van der Waals surface area contributed by atoms with E-state index in [4.69, 9.17) is 19.2 Å². The van der Waals surface area contributed by atoms with Crippen molar-refractivity contribution < 1.29 is 43.3 Å².